The lowest BCUT2D eigenvalue weighted by Crippen LogP contribution is -2.34. The van der Waals surface area contributed by atoms with Crippen molar-refractivity contribution in [1.82, 2.24) is 4.98 Å². The van der Waals surface area contributed by atoms with Crippen LogP contribution in [0, 0.1) is 17.6 Å². The van der Waals surface area contributed by atoms with Crippen molar-refractivity contribution < 1.29 is 8.78 Å². The zero-order valence-corrected chi connectivity index (χ0v) is 10.5. The van der Waals surface area contributed by atoms with E-state index >= 15 is 0 Å². The van der Waals surface area contributed by atoms with Gasteiger partial charge in [0, 0.05) is 19.2 Å². The Labute approximate surface area is 99.8 Å². The Morgan fingerprint density at radius 2 is 1.88 bits per heavy atom. The molecule has 0 aliphatic rings. The summed E-state index contributed by atoms with van der Waals surface area (Å²) < 4.78 is 26.8. The molecule has 3 N–H and O–H groups in total. The molecule has 17 heavy (non-hydrogen) atoms. The summed E-state index contributed by atoms with van der Waals surface area (Å²) in [6.45, 7) is 5.99. The lowest BCUT2D eigenvalue weighted by Gasteiger charge is -2.29. The number of nitrogens with two attached hydrogens (primary N) is 1. The predicted octanol–water partition coefficient (Wildman–Crippen LogP) is 2.13. The van der Waals surface area contributed by atoms with Crippen molar-refractivity contribution in [3.63, 3.8) is 0 Å². The summed E-state index contributed by atoms with van der Waals surface area (Å²) in [5.74, 6) is 3.85. The van der Waals surface area contributed by atoms with Gasteiger partial charge in [-0.2, -0.15) is 0 Å². The Bertz CT molecular complexity index is 395. The molecule has 6 heteroatoms. The standard InChI is InChI=1S/C11H18F2N4/c1-6(2)7(3)17(4)11-9(13)5-8(12)10(15-11)16-14/h5-7H,14H2,1-4H3,(H,15,16). The minimum atomic E-state index is -0.806. The van der Waals surface area contributed by atoms with Crippen LogP contribution in [-0.4, -0.2) is 18.1 Å². The molecule has 0 saturated heterocycles. The lowest BCUT2D eigenvalue weighted by atomic mass is 10.1. The van der Waals surface area contributed by atoms with Crippen LogP contribution >= 0.6 is 0 Å². The van der Waals surface area contributed by atoms with E-state index in [1.807, 2.05) is 20.8 Å². The molecule has 1 heterocycles. The maximum Gasteiger partial charge on any atom is 0.178 e. The van der Waals surface area contributed by atoms with Gasteiger partial charge >= 0.3 is 0 Å². The van der Waals surface area contributed by atoms with E-state index in [9.17, 15) is 8.78 Å². The summed E-state index contributed by atoms with van der Waals surface area (Å²) in [7, 11) is 1.72. The number of hydrazine groups is 1. The van der Waals surface area contributed by atoms with E-state index in [0.717, 1.165) is 6.07 Å². The van der Waals surface area contributed by atoms with Gasteiger partial charge in [-0.15, -0.1) is 0 Å². The summed E-state index contributed by atoms with van der Waals surface area (Å²) in [4.78, 5) is 5.50. The molecule has 0 amide bonds. The van der Waals surface area contributed by atoms with Gasteiger partial charge in [-0.25, -0.2) is 19.6 Å². The van der Waals surface area contributed by atoms with Crippen LogP contribution in [0.25, 0.3) is 0 Å². The highest BCUT2D eigenvalue weighted by Crippen LogP contribution is 2.24. The molecular formula is C11H18F2N4. The predicted molar refractivity (Wildman–Crippen MR) is 64.7 cm³/mol. The van der Waals surface area contributed by atoms with Crippen LogP contribution in [0.2, 0.25) is 0 Å². The van der Waals surface area contributed by atoms with Gasteiger partial charge in [-0.1, -0.05) is 13.8 Å². The second-order valence-corrected chi connectivity index (χ2v) is 4.36. The first-order chi connectivity index (χ1) is 7.88. The zero-order valence-electron chi connectivity index (χ0n) is 10.5. The van der Waals surface area contributed by atoms with E-state index in [2.05, 4.69) is 10.4 Å². The van der Waals surface area contributed by atoms with Crippen LogP contribution in [0.4, 0.5) is 20.4 Å². The number of nitrogens with one attached hydrogen (secondary N) is 1. The van der Waals surface area contributed by atoms with E-state index in [1.165, 1.54) is 0 Å². The van der Waals surface area contributed by atoms with E-state index in [0.29, 0.717) is 5.92 Å². The van der Waals surface area contributed by atoms with Crippen molar-refractivity contribution in [2.75, 3.05) is 17.4 Å². The maximum absolute atomic E-state index is 13.6. The summed E-state index contributed by atoms with van der Waals surface area (Å²) in [6, 6.07) is 0.856. The quantitative estimate of drug-likeness (QED) is 0.629. The van der Waals surface area contributed by atoms with E-state index in [-0.39, 0.29) is 17.7 Å². The van der Waals surface area contributed by atoms with Gasteiger partial charge in [0.15, 0.2) is 23.3 Å². The third-order valence-corrected chi connectivity index (χ3v) is 2.96. The molecule has 1 unspecified atom stereocenters. The summed E-state index contributed by atoms with van der Waals surface area (Å²) >= 11 is 0. The fourth-order valence-electron chi connectivity index (χ4n) is 1.45. The number of hydrogen-bond donors (Lipinski definition) is 2. The lowest BCUT2D eigenvalue weighted by molar-refractivity contribution is 0.490. The molecule has 1 atom stereocenters. The molecule has 0 aliphatic heterocycles. The first kappa shape index (κ1) is 13.6. The van der Waals surface area contributed by atoms with Gasteiger partial charge in [0.25, 0.3) is 0 Å². The molecule has 4 nitrogen and oxygen atoms in total. The molecule has 0 bridgehead atoms. The average Bonchev–Trinajstić information content (AvgIpc) is 2.27. The number of aromatic nitrogens is 1. The second kappa shape index (κ2) is 5.27. The van der Waals surface area contributed by atoms with Gasteiger partial charge in [0.2, 0.25) is 0 Å². The number of anilines is 2. The molecule has 1 rings (SSSR count). The van der Waals surface area contributed by atoms with Gasteiger partial charge in [-0.3, -0.25) is 0 Å². The van der Waals surface area contributed by atoms with Crippen LogP contribution in [-0.2, 0) is 0 Å². The van der Waals surface area contributed by atoms with Gasteiger partial charge in [0.05, 0.1) is 0 Å². The minimum Gasteiger partial charge on any atom is -0.354 e. The summed E-state index contributed by atoms with van der Waals surface area (Å²) in [5.41, 5.74) is 2.11. The average molecular weight is 244 g/mol. The number of nitrogens with zero attached hydrogens (tertiary/aromatic N) is 2. The SMILES string of the molecule is CC(C)C(C)N(C)c1nc(NN)c(F)cc1F. The Hall–Kier alpha value is -1.43. The molecule has 0 radical (unpaired) electrons. The van der Waals surface area contributed by atoms with E-state index < -0.39 is 11.6 Å². The van der Waals surface area contributed by atoms with Gasteiger partial charge in [-0.05, 0) is 12.8 Å². The Morgan fingerprint density at radius 3 is 2.35 bits per heavy atom. The molecule has 0 spiro atoms. The van der Waals surface area contributed by atoms with Crippen molar-refractivity contribution in [2.24, 2.45) is 11.8 Å². The normalized spacial score (nSPS) is 12.7. The number of hydrogen-bond acceptors (Lipinski definition) is 4. The molecular weight excluding hydrogens is 226 g/mol. The zero-order chi connectivity index (χ0) is 13.2. The summed E-state index contributed by atoms with van der Waals surface area (Å²) in [6.07, 6.45) is 0. The van der Waals surface area contributed by atoms with Crippen LogP contribution in [0.5, 0.6) is 0 Å². The Morgan fingerprint density at radius 1 is 1.29 bits per heavy atom. The maximum atomic E-state index is 13.6. The third-order valence-electron chi connectivity index (χ3n) is 2.96. The smallest absolute Gasteiger partial charge is 0.178 e. The third kappa shape index (κ3) is 2.82. The Balaban J connectivity index is 3.13. The number of pyridine rings is 1. The molecule has 96 valence electrons. The minimum absolute atomic E-state index is 0.0769. The van der Waals surface area contributed by atoms with Crippen molar-refractivity contribution in [1.29, 1.82) is 0 Å². The summed E-state index contributed by atoms with van der Waals surface area (Å²) in [5, 5.41) is 0. The fourth-order valence-corrected chi connectivity index (χ4v) is 1.45. The monoisotopic (exact) mass is 244 g/mol. The van der Waals surface area contributed by atoms with Crippen molar-refractivity contribution in [2.45, 2.75) is 26.8 Å². The van der Waals surface area contributed by atoms with Crippen LogP contribution in [0.3, 0.4) is 0 Å². The van der Waals surface area contributed by atoms with Gasteiger partial charge < -0.3 is 10.3 Å². The molecule has 0 aromatic carbocycles. The Kier molecular flexibility index (Phi) is 4.22. The highest BCUT2D eigenvalue weighted by Gasteiger charge is 2.20. The van der Waals surface area contributed by atoms with Crippen LogP contribution < -0.4 is 16.2 Å². The topological polar surface area (TPSA) is 54.2 Å². The number of halogens is 2. The molecule has 1 aromatic heterocycles. The molecule has 1 aromatic rings. The highest BCUT2D eigenvalue weighted by atomic mass is 19.1. The van der Waals surface area contributed by atoms with Gasteiger partial charge in [0.1, 0.15) is 0 Å². The number of rotatable bonds is 4. The highest BCUT2D eigenvalue weighted by molar-refractivity contribution is 5.48. The molecule has 0 saturated carbocycles. The van der Waals surface area contributed by atoms with E-state index in [4.69, 9.17) is 5.84 Å². The number of nitrogen functional groups attached to an aromatic ring is 1. The first-order valence-electron chi connectivity index (χ1n) is 5.44. The fraction of sp³-hybridized carbons (Fsp3) is 0.545. The van der Waals surface area contributed by atoms with Crippen molar-refractivity contribution in [3.05, 3.63) is 17.7 Å². The largest absolute Gasteiger partial charge is 0.354 e. The van der Waals surface area contributed by atoms with Crippen LogP contribution in [0.1, 0.15) is 20.8 Å². The van der Waals surface area contributed by atoms with Crippen molar-refractivity contribution in [3.8, 4) is 0 Å². The molecule has 0 fully saturated rings. The molecule has 0 aliphatic carbocycles. The van der Waals surface area contributed by atoms with Crippen LogP contribution in [0.15, 0.2) is 6.07 Å². The first-order valence-corrected chi connectivity index (χ1v) is 5.44. The van der Waals surface area contributed by atoms with E-state index in [1.54, 1.807) is 11.9 Å². The van der Waals surface area contributed by atoms with Crippen molar-refractivity contribution >= 4 is 11.6 Å². The second-order valence-electron chi connectivity index (χ2n) is 4.36.